The first kappa shape index (κ1) is 53.4. The molecule has 17 nitrogen and oxygen atoms in total. The summed E-state index contributed by atoms with van der Waals surface area (Å²) in [5.41, 5.74) is -1.30. The summed E-state index contributed by atoms with van der Waals surface area (Å²) in [6.45, 7) is 14.2. The van der Waals surface area contributed by atoms with E-state index in [9.17, 15) is 28.8 Å². The average molecular weight is 1020 g/mol. The second-order valence-electron chi connectivity index (χ2n) is 16.2. The van der Waals surface area contributed by atoms with Crippen LogP contribution in [0.25, 0.3) is 0 Å². The van der Waals surface area contributed by atoms with Gasteiger partial charge in [0, 0.05) is 44.9 Å². The monoisotopic (exact) mass is 1020 g/mol. The Bertz CT molecular complexity index is 1420. The number of hydrogen-bond donors (Lipinski definition) is 2. The standard InChI is InChI=1S/C38H61Br3N4O13/c1-34(2,3)58-33(51)44-27(18-26-19-42-25-45(26)10)28(46)12-11-14-52-16-17-53-15-13-43-29(47)20-54-21-38(22-55-30(48)35(4,5)39,23-56-31(49)36(6,7)40)24-57-32(50)37(8,9)41/h19,25,27H,11-18,20-24H2,1-10H3,(H,43,47)(H,44,51). The van der Waals surface area contributed by atoms with Crippen LogP contribution in [0.15, 0.2) is 12.5 Å². The van der Waals surface area contributed by atoms with Crippen molar-refractivity contribution >= 4 is 83.5 Å². The second-order valence-corrected chi connectivity index (χ2v) is 22.1. The van der Waals surface area contributed by atoms with Crippen LogP contribution in [0.2, 0.25) is 0 Å². The van der Waals surface area contributed by atoms with E-state index < -0.39 is 66.5 Å². The third-order valence-electron chi connectivity index (χ3n) is 7.69. The summed E-state index contributed by atoms with van der Waals surface area (Å²) in [5.74, 6) is -2.50. The predicted molar refractivity (Wildman–Crippen MR) is 224 cm³/mol. The van der Waals surface area contributed by atoms with Crippen molar-refractivity contribution in [2.24, 2.45) is 12.5 Å². The lowest BCUT2D eigenvalue weighted by Crippen LogP contribution is -2.47. The quantitative estimate of drug-likeness (QED) is 0.0539. The SMILES string of the molecule is Cn1cncc1CC(NC(=O)OC(C)(C)C)C(=O)CCCOCCOCCNC(=O)COCC(COC(=O)C(C)(C)Br)(COC(=O)C(C)(C)Br)COC(=O)C(C)(C)Br. The minimum atomic E-state index is -1.37. The van der Waals surface area contributed by atoms with Gasteiger partial charge in [0.25, 0.3) is 0 Å². The lowest BCUT2D eigenvalue weighted by molar-refractivity contribution is -0.170. The first-order valence-electron chi connectivity index (χ1n) is 18.7. The van der Waals surface area contributed by atoms with E-state index in [2.05, 4.69) is 63.4 Å². The lowest BCUT2D eigenvalue weighted by Gasteiger charge is -2.34. The topological polar surface area (TPSA) is 209 Å². The number of halogens is 3. The Hall–Kier alpha value is -2.65. The molecule has 0 bridgehead atoms. The number of alkyl halides is 3. The number of nitrogens with zero attached hydrogens (tertiary/aromatic N) is 2. The Morgan fingerprint density at radius 1 is 0.724 bits per heavy atom. The largest absolute Gasteiger partial charge is 0.464 e. The highest BCUT2D eigenvalue weighted by molar-refractivity contribution is 9.10. The molecular formula is C38H61Br3N4O13. The van der Waals surface area contributed by atoms with Crippen molar-refractivity contribution in [1.29, 1.82) is 0 Å². The average Bonchev–Trinajstić information content (AvgIpc) is 3.49. The van der Waals surface area contributed by atoms with Gasteiger partial charge in [0.15, 0.2) is 5.78 Å². The zero-order chi connectivity index (χ0) is 44.4. The number of carbonyl (C=O) groups is 6. The Morgan fingerprint density at radius 3 is 1.67 bits per heavy atom. The zero-order valence-electron chi connectivity index (χ0n) is 35.3. The number of amides is 2. The van der Waals surface area contributed by atoms with Crippen LogP contribution < -0.4 is 10.6 Å². The predicted octanol–water partition coefficient (Wildman–Crippen LogP) is 4.51. The minimum Gasteiger partial charge on any atom is -0.464 e. The molecule has 1 aromatic heterocycles. The van der Waals surface area contributed by atoms with E-state index in [4.69, 9.17) is 33.2 Å². The summed E-state index contributed by atoms with van der Waals surface area (Å²) in [4.78, 5) is 80.1. The molecule has 1 heterocycles. The minimum absolute atomic E-state index is 0.163. The van der Waals surface area contributed by atoms with Gasteiger partial charge in [-0.2, -0.15) is 0 Å². The van der Waals surface area contributed by atoms with Gasteiger partial charge >= 0.3 is 24.0 Å². The van der Waals surface area contributed by atoms with Gasteiger partial charge in [-0.1, -0.05) is 47.8 Å². The van der Waals surface area contributed by atoms with Crippen LogP contribution in [0.5, 0.6) is 0 Å². The molecule has 1 atom stereocenters. The van der Waals surface area contributed by atoms with Gasteiger partial charge in [0.1, 0.15) is 45.0 Å². The van der Waals surface area contributed by atoms with Gasteiger partial charge in [-0.25, -0.2) is 9.78 Å². The number of hydrogen-bond acceptors (Lipinski definition) is 14. The van der Waals surface area contributed by atoms with E-state index in [-0.39, 0.29) is 71.4 Å². The highest BCUT2D eigenvalue weighted by atomic mass is 79.9. The molecule has 1 aromatic rings. The van der Waals surface area contributed by atoms with Gasteiger partial charge < -0.3 is 48.4 Å². The third-order valence-corrected chi connectivity index (χ3v) is 8.66. The molecule has 0 fully saturated rings. The Balaban J connectivity index is 2.59. The van der Waals surface area contributed by atoms with Crippen molar-refractivity contribution < 1.29 is 61.9 Å². The van der Waals surface area contributed by atoms with E-state index in [0.717, 1.165) is 5.69 Å². The molecule has 332 valence electrons. The van der Waals surface area contributed by atoms with Crippen molar-refractivity contribution in [3.05, 3.63) is 18.2 Å². The highest BCUT2D eigenvalue weighted by Gasteiger charge is 2.41. The van der Waals surface area contributed by atoms with Gasteiger partial charge in [-0.3, -0.25) is 24.0 Å². The molecule has 20 heteroatoms. The van der Waals surface area contributed by atoms with Crippen molar-refractivity contribution in [3.8, 4) is 0 Å². The third kappa shape index (κ3) is 22.6. The van der Waals surface area contributed by atoms with Crippen molar-refractivity contribution in [2.45, 2.75) is 106 Å². The molecule has 0 aliphatic carbocycles. The number of ether oxygens (including phenoxy) is 7. The number of Topliss-reactive ketones (excluding diaryl/α,β-unsaturated/α-hetero) is 1. The Labute approximate surface area is 366 Å². The number of ketones is 1. The van der Waals surface area contributed by atoms with Crippen LogP contribution in [0.1, 0.15) is 80.8 Å². The van der Waals surface area contributed by atoms with Gasteiger partial charge in [0.2, 0.25) is 5.91 Å². The lowest BCUT2D eigenvalue weighted by atomic mass is 9.92. The van der Waals surface area contributed by atoms with Crippen LogP contribution in [0, 0.1) is 5.41 Å². The summed E-state index contributed by atoms with van der Waals surface area (Å²) >= 11 is 9.77. The maximum Gasteiger partial charge on any atom is 0.408 e. The number of carbonyl (C=O) groups excluding carboxylic acids is 6. The summed E-state index contributed by atoms with van der Waals surface area (Å²) in [6.07, 6.45) is 3.46. The first-order valence-corrected chi connectivity index (χ1v) is 21.1. The number of imidazole rings is 1. The van der Waals surface area contributed by atoms with Crippen LogP contribution in [0.3, 0.4) is 0 Å². The molecule has 2 amide bonds. The molecule has 0 spiro atoms. The highest BCUT2D eigenvalue weighted by Crippen LogP contribution is 2.28. The fourth-order valence-electron chi connectivity index (χ4n) is 4.42. The molecule has 1 unspecified atom stereocenters. The Morgan fingerprint density at radius 2 is 1.22 bits per heavy atom. The van der Waals surface area contributed by atoms with Crippen molar-refractivity contribution in [3.63, 3.8) is 0 Å². The molecule has 0 radical (unpaired) electrons. The van der Waals surface area contributed by atoms with Gasteiger partial charge in [-0.05, 0) is 68.7 Å². The summed E-state index contributed by atoms with van der Waals surface area (Å²) in [7, 11) is 1.81. The number of aromatic nitrogens is 2. The number of aryl methyl sites for hydroxylation is 1. The normalized spacial score (nSPS) is 13.0. The second kappa shape index (κ2) is 24.6. The van der Waals surface area contributed by atoms with Gasteiger partial charge in [0.05, 0.1) is 44.2 Å². The number of rotatable bonds is 27. The molecule has 1 rings (SSSR count). The van der Waals surface area contributed by atoms with E-state index in [1.807, 2.05) is 7.05 Å². The fraction of sp³-hybridized carbons (Fsp3) is 0.763. The van der Waals surface area contributed by atoms with Crippen LogP contribution in [0.4, 0.5) is 4.79 Å². The van der Waals surface area contributed by atoms with E-state index >= 15 is 0 Å². The zero-order valence-corrected chi connectivity index (χ0v) is 40.0. The maximum atomic E-state index is 13.0. The molecule has 58 heavy (non-hydrogen) atoms. The summed E-state index contributed by atoms with van der Waals surface area (Å²) in [6, 6.07) is -0.791. The molecule has 0 aromatic carbocycles. The fourth-order valence-corrected chi connectivity index (χ4v) is 4.77. The van der Waals surface area contributed by atoms with E-state index in [0.29, 0.717) is 13.0 Å². The van der Waals surface area contributed by atoms with Crippen LogP contribution in [-0.4, -0.2) is 136 Å². The number of alkyl carbamates (subject to hydrolysis) is 1. The van der Waals surface area contributed by atoms with Crippen LogP contribution >= 0.6 is 47.8 Å². The smallest absolute Gasteiger partial charge is 0.408 e. The molecular weight excluding hydrogens is 960 g/mol. The van der Waals surface area contributed by atoms with Gasteiger partial charge in [-0.15, -0.1) is 0 Å². The van der Waals surface area contributed by atoms with E-state index in [1.165, 1.54) is 0 Å². The Kier molecular flexibility index (Phi) is 22.6. The van der Waals surface area contributed by atoms with E-state index in [1.54, 1.807) is 79.4 Å². The summed E-state index contributed by atoms with van der Waals surface area (Å²) < 4.78 is 37.4. The van der Waals surface area contributed by atoms with Crippen molar-refractivity contribution in [2.75, 3.05) is 66.0 Å². The van der Waals surface area contributed by atoms with Crippen LogP contribution in [-0.2, 0) is 70.6 Å². The molecule has 2 N–H and O–H groups in total. The number of nitrogens with one attached hydrogen (secondary N) is 2. The molecule has 0 aliphatic rings. The maximum absolute atomic E-state index is 13.0. The van der Waals surface area contributed by atoms with Crippen molar-refractivity contribution in [1.82, 2.24) is 20.2 Å². The summed E-state index contributed by atoms with van der Waals surface area (Å²) in [5, 5.41) is 5.35. The number of esters is 3. The molecule has 0 saturated carbocycles. The molecule has 0 saturated heterocycles. The molecule has 0 aliphatic heterocycles. The first-order chi connectivity index (χ1) is 26.6.